The van der Waals surface area contributed by atoms with Crippen LogP contribution in [0.15, 0.2) is 0 Å². The molecule has 0 amide bonds. The van der Waals surface area contributed by atoms with Gasteiger partial charge in [0.25, 0.3) is 0 Å². The van der Waals surface area contributed by atoms with E-state index in [1.807, 2.05) is 11.8 Å². The zero-order valence-electron chi connectivity index (χ0n) is 5.42. The normalized spacial score (nSPS) is 30.7. The van der Waals surface area contributed by atoms with E-state index in [2.05, 4.69) is 0 Å². The number of hydrogen-bond acceptors (Lipinski definition) is 3. The third-order valence-corrected chi connectivity index (χ3v) is 2.97. The number of aliphatic hydroxyl groups excluding tert-OH is 1. The molecule has 1 aliphatic heterocycles. The van der Waals surface area contributed by atoms with Crippen molar-refractivity contribution >= 4 is 11.8 Å². The van der Waals surface area contributed by atoms with Gasteiger partial charge in [-0.3, -0.25) is 0 Å². The first kappa shape index (κ1) is 7.38. The Bertz CT molecular complexity index is 83.1. The summed E-state index contributed by atoms with van der Waals surface area (Å²) in [4.78, 5) is 0. The molecule has 1 aliphatic rings. The Morgan fingerprint density at radius 2 is 2.56 bits per heavy atom. The molecule has 1 unspecified atom stereocenters. The molecule has 0 aliphatic carbocycles. The first-order chi connectivity index (χ1) is 4.34. The number of rotatable bonds is 2. The molecule has 0 aromatic carbocycles. The molecular formula is C6H13NOS. The molecule has 2 atom stereocenters. The molecule has 0 bridgehead atoms. The van der Waals surface area contributed by atoms with E-state index in [1.54, 1.807) is 0 Å². The highest BCUT2D eigenvalue weighted by Crippen LogP contribution is 2.24. The summed E-state index contributed by atoms with van der Waals surface area (Å²) in [7, 11) is 0. The van der Waals surface area contributed by atoms with E-state index >= 15 is 0 Å². The summed E-state index contributed by atoms with van der Waals surface area (Å²) in [5.41, 5.74) is 5.61. The summed E-state index contributed by atoms with van der Waals surface area (Å²) >= 11 is 1.93. The van der Waals surface area contributed by atoms with Crippen LogP contribution in [0.4, 0.5) is 0 Å². The Morgan fingerprint density at radius 3 is 3.00 bits per heavy atom. The van der Waals surface area contributed by atoms with Gasteiger partial charge in [0.1, 0.15) is 0 Å². The molecule has 0 spiro atoms. The van der Waals surface area contributed by atoms with Crippen molar-refractivity contribution in [2.75, 3.05) is 18.1 Å². The van der Waals surface area contributed by atoms with Crippen LogP contribution in [-0.4, -0.2) is 29.3 Å². The lowest BCUT2D eigenvalue weighted by Crippen LogP contribution is -2.33. The fourth-order valence-corrected chi connectivity index (χ4v) is 2.39. The lowest BCUT2D eigenvalue weighted by Gasteiger charge is -2.13. The van der Waals surface area contributed by atoms with Crippen LogP contribution >= 0.6 is 11.8 Å². The minimum atomic E-state index is 0.0278. The summed E-state index contributed by atoms with van der Waals surface area (Å²) in [5, 5.41) is 8.66. The quantitative estimate of drug-likeness (QED) is 0.580. The smallest absolute Gasteiger partial charge is 0.0585 e. The van der Waals surface area contributed by atoms with Crippen LogP contribution in [0.5, 0.6) is 0 Å². The number of nitrogens with two attached hydrogens (primary N) is 1. The molecule has 1 saturated heterocycles. The van der Waals surface area contributed by atoms with Crippen molar-refractivity contribution in [3.63, 3.8) is 0 Å². The van der Waals surface area contributed by atoms with Crippen molar-refractivity contribution in [1.82, 2.24) is 0 Å². The van der Waals surface area contributed by atoms with Gasteiger partial charge in [0.15, 0.2) is 0 Å². The maximum Gasteiger partial charge on any atom is 0.0585 e. The van der Waals surface area contributed by atoms with Crippen molar-refractivity contribution in [3.05, 3.63) is 0 Å². The van der Waals surface area contributed by atoms with Gasteiger partial charge in [0, 0.05) is 6.04 Å². The SMILES string of the molecule is N[C@H](CO)C1CCSC1. The van der Waals surface area contributed by atoms with E-state index in [9.17, 15) is 0 Å². The van der Waals surface area contributed by atoms with Gasteiger partial charge in [-0.15, -0.1) is 0 Å². The minimum Gasteiger partial charge on any atom is -0.395 e. The second kappa shape index (κ2) is 3.44. The summed E-state index contributed by atoms with van der Waals surface area (Å²) < 4.78 is 0. The molecule has 2 nitrogen and oxygen atoms in total. The molecule has 3 heteroatoms. The lowest BCUT2D eigenvalue weighted by molar-refractivity contribution is 0.234. The Balaban J connectivity index is 2.24. The zero-order chi connectivity index (χ0) is 6.69. The Hall–Kier alpha value is 0.270. The maximum atomic E-state index is 8.66. The van der Waals surface area contributed by atoms with Crippen molar-refractivity contribution < 1.29 is 5.11 Å². The molecule has 1 heterocycles. The summed E-state index contributed by atoms with van der Waals surface area (Å²) in [5.74, 6) is 2.93. The van der Waals surface area contributed by atoms with Gasteiger partial charge in [-0.2, -0.15) is 11.8 Å². The molecule has 3 N–H and O–H groups in total. The summed E-state index contributed by atoms with van der Waals surface area (Å²) in [6, 6.07) is 0.0278. The first-order valence-electron chi connectivity index (χ1n) is 3.28. The van der Waals surface area contributed by atoms with Gasteiger partial charge >= 0.3 is 0 Å². The largest absolute Gasteiger partial charge is 0.395 e. The summed E-state index contributed by atoms with van der Waals surface area (Å²) in [6.45, 7) is 0.144. The van der Waals surface area contributed by atoms with Crippen molar-refractivity contribution in [1.29, 1.82) is 0 Å². The topological polar surface area (TPSA) is 46.2 Å². The van der Waals surface area contributed by atoms with Gasteiger partial charge in [0.2, 0.25) is 0 Å². The fraction of sp³-hybridized carbons (Fsp3) is 1.00. The van der Waals surface area contributed by atoms with Crippen LogP contribution in [0.1, 0.15) is 6.42 Å². The second-order valence-corrected chi connectivity index (χ2v) is 3.62. The number of aliphatic hydroxyl groups is 1. The predicted octanol–water partition coefficient (Wildman–Crippen LogP) is 0.0591. The molecular weight excluding hydrogens is 134 g/mol. The van der Waals surface area contributed by atoms with Crippen molar-refractivity contribution in [2.45, 2.75) is 12.5 Å². The third-order valence-electron chi connectivity index (χ3n) is 1.78. The molecule has 54 valence electrons. The standard InChI is InChI=1S/C6H13NOS/c7-6(3-8)5-1-2-9-4-5/h5-6,8H,1-4,7H2/t5?,6-/m1/s1. The Morgan fingerprint density at radius 1 is 1.78 bits per heavy atom. The molecule has 0 radical (unpaired) electrons. The molecule has 0 aromatic heterocycles. The van der Waals surface area contributed by atoms with Crippen LogP contribution in [0.3, 0.4) is 0 Å². The fourth-order valence-electron chi connectivity index (χ4n) is 1.04. The van der Waals surface area contributed by atoms with Crippen LogP contribution in [0, 0.1) is 5.92 Å². The average Bonchev–Trinajstić information content (AvgIpc) is 2.37. The van der Waals surface area contributed by atoms with E-state index < -0.39 is 0 Å². The monoisotopic (exact) mass is 147 g/mol. The van der Waals surface area contributed by atoms with Crippen LogP contribution in [-0.2, 0) is 0 Å². The molecule has 0 aromatic rings. The third kappa shape index (κ3) is 1.85. The van der Waals surface area contributed by atoms with E-state index in [1.165, 1.54) is 12.2 Å². The van der Waals surface area contributed by atoms with Crippen molar-refractivity contribution in [2.24, 2.45) is 11.7 Å². The van der Waals surface area contributed by atoms with Gasteiger partial charge < -0.3 is 10.8 Å². The predicted molar refractivity (Wildman–Crippen MR) is 40.5 cm³/mol. The van der Waals surface area contributed by atoms with Gasteiger partial charge in [-0.25, -0.2) is 0 Å². The average molecular weight is 147 g/mol. The lowest BCUT2D eigenvalue weighted by atomic mass is 10.0. The van der Waals surface area contributed by atoms with Gasteiger partial charge in [0.05, 0.1) is 6.61 Å². The highest BCUT2D eigenvalue weighted by Gasteiger charge is 2.21. The number of hydrogen-bond donors (Lipinski definition) is 2. The minimum absolute atomic E-state index is 0.0278. The molecule has 0 saturated carbocycles. The highest BCUT2D eigenvalue weighted by molar-refractivity contribution is 7.99. The van der Waals surface area contributed by atoms with Gasteiger partial charge in [-0.05, 0) is 23.8 Å². The Kier molecular flexibility index (Phi) is 2.82. The van der Waals surface area contributed by atoms with E-state index in [-0.39, 0.29) is 12.6 Å². The molecule has 1 fully saturated rings. The van der Waals surface area contributed by atoms with Crippen LogP contribution in [0.25, 0.3) is 0 Å². The second-order valence-electron chi connectivity index (χ2n) is 2.47. The maximum absolute atomic E-state index is 8.66. The van der Waals surface area contributed by atoms with E-state index in [4.69, 9.17) is 10.8 Å². The van der Waals surface area contributed by atoms with Crippen LogP contribution in [0.2, 0.25) is 0 Å². The first-order valence-corrected chi connectivity index (χ1v) is 4.44. The van der Waals surface area contributed by atoms with Gasteiger partial charge in [-0.1, -0.05) is 0 Å². The highest BCUT2D eigenvalue weighted by atomic mass is 32.2. The van der Waals surface area contributed by atoms with Crippen molar-refractivity contribution in [3.8, 4) is 0 Å². The zero-order valence-corrected chi connectivity index (χ0v) is 6.23. The Labute approximate surface area is 59.8 Å². The molecule has 1 rings (SSSR count). The van der Waals surface area contributed by atoms with Crippen LogP contribution < -0.4 is 5.73 Å². The summed E-state index contributed by atoms with van der Waals surface area (Å²) in [6.07, 6.45) is 1.19. The van der Waals surface area contributed by atoms with E-state index in [0.29, 0.717) is 5.92 Å². The number of thioether (sulfide) groups is 1. The van der Waals surface area contributed by atoms with E-state index in [0.717, 1.165) is 5.75 Å². The molecule has 9 heavy (non-hydrogen) atoms.